The lowest BCUT2D eigenvalue weighted by molar-refractivity contribution is 0.0930. The van der Waals surface area contributed by atoms with Crippen molar-refractivity contribution in [3.05, 3.63) is 106 Å². The molecule has 42 heavy (non-hydrogen) atoms. The largest absolute Gasteiger partial charge is 0.490 e. The average molecular weight is 568 g/mol. The third-order valence-corrected chi connectivity index (χ3v) is 7.49. The van der Waals surface area contributed by atoms with Crippen LogP contribution < -0.4 is 20.9 Å². The molecule has 3 atom stereocenters. The number of benzene rings is 2. The van der Waals surface area contributed by atoms with Crippen molar-refractivity contribution < 1.29 is 19.5 Å². The van der Waals surface area contributed by atoms with E-state index < -0.39 is 0 Å². The van der Waals surface area contributed by atoms with Crippen LogP contribution in [0.25, 0.3) is 5.70 Å². The van der Waals surface area contributed by atoms with Crippen molar-refractivity contribution in [2.75, 3.05) is 6.61 Å². The fourth-order valence-corrected chi connectivity index (χ4v) is 5.50. The molecule has 0 bridgehead atoms. The monoisotopic (exact) mass is 567 g/mol. The molecular weight excluding hydrogens is 530 g/mol. The van der Waals surface area contributed by atoms with Gasteiger partial charge in [0.15, 0.2) is 0 Å². The molecule has 2 aromatic carbocycles. The first-order valence-electron chi connectivity index (χ1n) is 14.3. The molecule has 3 aliphatic rings. The highest BCUT2D eigenvalue weighted by atomic mass is 16.7. The molecule has 0 spiro atoms. The van der Waals surface area contributed by atoms with Crippen molar-refractivity contribution in [3.8, 4) is 11.8 Å². The van der Waals surface area contributed by atoms with Crippen LogP contribution in [0.1, 0.15) is 61.2 Å². The second-order valence-electron chi connectivity index (χ2n) is 11.0. The molecule has 0 aromatic heterocycles. The van der Waals surface area contributed by atoms with Crippen molar-refractivity contribution in [1.29, 1.82) is 5.26 Å². The molecule has 5 rings (SSSR count). The Morgan fingerprint density at radius 3 is 2.69 bits per heavy atom. The highest BCUT2D eigenvalue weighted by Gasteiger charge is 2.34. The lowest BCUT2D eigenvalue weighted by Crippen LogP contribution is -2.38. The fraction of sp³-hybridized carbons (Fsp3) is 0.333. The van der Waals surface area contributed by atoms with Gasteiger partial charge >= 0.3 is 0 Å². The molecule has 2 aromatic rings. The van der Waals surface area contributed by atoms with Gasteiger partial charge in [0.25, 0.3) is 5.91 Å². The lowest BCUT2D eigenvalue weighted by atomic mass is 9.95. The van der Waals surface area contributed by atoms with E-state index in [2.05, 4.69) is 64.6 Å². The van der Waals surface area contributed by atoms with Crippen molar-refractivity contribution in [3.63, 3.8) is 0 Å². The van der Waals surface area contributed by atoms with Crippen molar-refractivity contribution >= 4 is 11.6 Å². The van der Waals surface area contributed by atoms with Crippen LogP contribution in [0.3, 0.4) is 0 Å². The number of fused-ring (bicyclic) bond motifs is 1. The van der Waals surface area contributed by atoms with E-state index in [9.17, 15) is 15.2 Å². The summed E-state index contributed by atoms with van der Waals surface area (Å²) in [6, 6.07) is 15.0. The predicted molar refractivity (Wildman–Crippen MR) is 160 cm³/mol. The number of allylic oxidation sites excluding steroid dienone is 3. The number of nitriles is 1. The molecule has 9 heteroatoms. The number of ether oxygens (including phenoxy) is 1. The van der Waals surface area contributed by atoms with E-state index in [1.807, 2.05) is 39.0 Å². The molecule has 0 radical (unpaired) electrons. The number of hydrogen-bond acceptors (Lipinski definition) is 8. The molecule has 3 aliphatic heterocycles. The number of hydrogen-bond donors (Lipinski definition) is 4. The zero-order valence-corrected chi connectivity index (χ0v) is 24.3. The average Bonchev–Trinajstić information content (AvgIpc) is 3.56. The summed E-state index contributed by atoms with van der Waals surface area (Å²) >= 11 is 0. The third kappa shape index (κ3) is 6.20. The highest BCUT2D eigenvalue weighted by Crippen LogP contribution is 2.34. The topological polar surface area (TPSA) is 119 Å². The molecule has 0 fully saturated rings. The fourth-order valence-electron chi connectivity index (χ4n) is 5.50. The molecule has 218 valence electrons. The minimum Gasteiger partial charge on any atom is -0.490 e. The second kappa shape index (κ2) is 12.6. The summed E-state index contributed by atoms with van der Waals surface area (Å²) in [6.45, 7) is 7.78. The standard InChI is InChI=1S/C33H37N5O4/c1-20(2)41-30-12-11-25(17-26(30)18-34)33(40)35-27(13-15-39)16-23-7-9-24(10-8-23)29-19-38-14-5-6-28(32(38)36-29)31-21(3)37-42-22(31)4/h5-12,14,17,19-21,27,32,36-37,39H,13,15-16H2,1-4H3,(H,35,40)/t21?,27-,32?/m1/s1. The number of carbonyl (C=O) groups is 1. The van der Waals surface area contributed by atoms with E-state index in [4.69, 9.17) is 9.57 Å². The summed E-state index contributed by atoms with van der Waals surface area (Å²) in [5.74, 6) is 1.04. The Balaban J connectivity index is 1.24. The number of amides is 1. The van der Waals surface area contributed by atoms with Crippen LogP contribution in [0.5, 0.6) is 5.75 Å². The quantitative estimate of drug-likeness (QED) is 0.337. The number of aliphatic hydroxyl groups is 1. The smallest absolute Gasteiger partial charge is 0.251 e. The van der Waals surface area contributed by atoms with E-state index in [-0.39, 0.29) is 36.9 Å². The van der Waals surface area contributed by atoms with Crippen LogP contribution in [0.2, 0.25) is 0 Å². The normalized spacial score (nSPS) is 19.9. The molecule has 0 aliphatic carbocycles. The van der Waals surface area contributed by atoms with Crippen LogP contribution in [-0.2, 0) is 11.3 Å². The van der Waals surface area contributed by atoms with Crippen LogP contribution in [-0.4, -0.2) is 46.9 Å². The Bertz CT molecular complexity index is 1500. The van der Waals surface area contributed by atoms with Crippen molar-refractivity contribution in [2.45, 2.75) is 64.9 Å². The molecule has 4 N–H and O–H groups in total. The minimum absolute atomic E-state index is 0.0164. The second-order valence-corrected chi connectivity index (χ2v) is 11.0. The molecule has 1 amide bonds. The number of aliphatic hydroxyl groups excluding tert-OH is 1. The summed E-state index contributed by atoms with van der Waals surface area (Å²) in [4.78, 5) is 20.8. The van der Waals surface area contributed by atoms with Gasteiger partial charge in [0, 0.05) is 41.8 Å². The van der Waals surface area contributed by atoms with E-state index in [0.717, 1.165) is 28.2 Å². The molecule has 9 nitrogen and oxygen atoms in total. The number of nitrogens with zero attached hydrogens (tertiary/aromatic N) is 2. The van der Waals surface area contributed by atoms with E-state index >= 15 is 0 Å². The first-order chi connectivity index (χ1) is 20.3. The summed E-state index contributed by atoms with van der Waals surface area (Å²) in [7, 11) is 0. The summed E-state index contributed by atoms with van der Waals surface area (Å²) in [5.41, 5.74) is 9.16. The zero-order valence-electron chi connectivity index (χ0n) is 24.3. The van der Waals surface area contributed by atoms with E-state index in [0.29, 0.717) is 29.7 Å². The zero-order chi connectivity index (χ0) is 29.8. The Kier molecular flexibility index (Phi) is 8.67. The molecule has 2 unspecified atom stereocenters. The summed E-state index contributed by atoms with van der Waals surface area (Å²) in [6.07, 6.45) is 9.20. The molecule has 0 saturated heterocycles. The summed E-state index contributed by atoms with van der Waals surface area (Å²) < 4.78 is 5.67. The Morgan fingerprint density at radius 1 is 1.24 bits per heavy atom. The van der Waals surface area contributed by atoms with Gasteiger partial charge in [-0.3, -0.25) is 4.79 Å². The van der Waals surface area contributed by atoms with Gasteiger partial charge in [-0.25, -0.2) is 0 Å². The van der Waals surface area contributed by atoms with Crippen LogP contribution >= 0.6 is 0 Å². The number of carbonyl (C=O) groups excluding carboxylic acids is 1. The molecular formula is C33H37N5O4. The SMILES string of the molecule is CC1=C(C2=CC=CN3C=C(c4ccc(C[C@@H](CCO)NC(=O)c5ccc(OC(C)C)c(C#N)c5)cc4)NC23)C(C)NO1. The van der Waals surface area contributed by atoms with Gasteiger partial charge in [-0.2, -0.15) is 5.26 Å². The molecule has 3 heterocycles. The predicted octanol–water partition coefficient (Wildman–Crippen LogP) is 4.25. The van der Waals surface area contributed by atoms with Gasteiger partial charge < -0.3 is 30.2 Å². The van der Waals surface area contributed by atoms with Crippen LogP contribution in [0, 0.1) is 11.3 Å². The Hall–Kier alpha value is -4.52. The van der Waals surface area contributed by atoms with E-state index in [1.54, 1.807) is 18.2 Å². The minimum atomic E-state index is -0.297. The number of hydroxylamine groups is 1. The lowest BCUT2D eigenvalue weighted by Gasteiger charge is -2.29. The maximum Gasteiger partial charge on any atom is 0.251 e. The Morgan fingerprint density at radius 2 is 2.02 bits per heavy atom. The highest BCUT2D eigenvalue weighted by molar-refractivity contribution is 5.95. The van der Waals surface area contributed by atoms with Gasteiger partial charge in [0.05, 0.1) is 23.4 Å². The number of rotatable bonds is 10. The maximum absolute atomic E-state index is 13.0. The van der Waals surface area contributed by atoms with Gasteiger partial charge in [-0.1, -0.05) is 30.3 Å². The van der Waals surface area contributed by atoms with Crippen LogP contribution in [0.4, 0.5) is 0 Å². The van der Waals surface area contributed by atoms with E-state index in [1.165, 1.54) is 5.57 Å². The van der Waals surface area contributed by atoms with Crippen LogP contribution in [0.15, 0.2) is 83.9 Å². The maximum atomic E-state index is 13.0. The van der Waals surface area contributed by atoms with Crippen molar-refractivity contribution in [2.24, 2.45) is 0 Å². The molecule has 0 saturated carbocycles. The number of nitrogens with one attached hydrogen (secondary N) is 3. The van der Waals surface area contributed by atoms with Gasteiger partial charge in [-0.15, -0.1) is 5.48 Å². The summed E-state index contributed by atoms with van der Waals surface area (Å²) in [5, 5.41) is 25.9. The van der Waals surface area contributed by atoms with Gasteiger partial charge in [0.1, 0.15) is 23.7 Å². The first-order valence-corrected chi connectivity index (χ1v) is 14.3. The third-order valence-electron chi connectivity index (χ3n) is 7.49. The Labute approximate surface area is 246 Å². The first kappa shape index (κ1) is 29.0. The van der Waals surface area contributed by atoms with Gasteiger partial charge in [0.2, 0.25) is 0 Å². The van der Waals surface area contributed by atoms with Gasteiger partial charge in [-0.05, 0) is 75.9 Å². The van der Waals surface area contributed by atoms with Crippen molar-refractivity contribution in [1.82, 2.24) is 21.0 Å².